The maximum atomic E-state index is 9.82. The van der Waals surface area contributed by atoms with Crippen molar-refractivity contribution in [2.24, 2.45) is 5.92 Å². The summed E-state index contributed by atoms with van der Waals surface area (Å²) in [7, 11) is 0. The molecule has 0 aromatic carbocycles. The Morgan fingerprint density at radius 3 is 3.08 bits per heavy atom. The number of piperidine rings is 1. The molecule has 12 heavy (non-hydrogen) atoms. The first-order valence-electron chi connectivity index (χ1n) is 4.38. The number of halogens is 1. The average molecular weight is 188 g/mol. The standard InChI is InChI=1S/C9H14ClNO/c1-7(10)5-11-3-2-8-4-9(8,12)6-11/h8,12H,1-6H2/t8-,9+/m1/s1. The molecule has 0 aromatic rings. The molecule has 0 unspecified atom stereocenters. The second kappa shape index (κ2) is 2.72. The first kappa shape index (κ1) is 8.54. The van der Waals surface area contributed by atoms with E-state index in [1.807, 2.05) is 0 Å². The Bertz CT molecular complexity index is 219. The van der Waals surface area contributed by atoms with Gasteiger partial charge >= 0.3 is 0 Å². The maximum absolute atomic E-state index is 9.82. The van der Waals surface area contributed by atoms with E-state index in [9.17, 15) is 5.11 Å². The van der Waals surface area contributed by atoms with E-state index in [4.69, 9.17) is 11.6 Å². The molecule has 1 N–H and O–H groups in total. The number of hydrogen-bond acceptors (Lipinski definition) is 2. The van der Waals surface area contributed by atoms with Crippen molar-refractivity contribution in [1.29, 1.82) is 0 Å². The minimum Gasteiger partial charge on any atom is -0.388 e. The van der Waals surface area contributed by atoms with Crippen molar-refractivity contribution >= 4 is 11.6 Å². The van der Waals surface area contributed by atoms with Gasteiger partial charge in [-0.3, -0.25) is 4.90 Å². The van der Waals surface area contributed by atoms with Gasteiger partial charge in [-0.25, -0.2) is 0 Å². The molecule has 68 valence electrons. The highest BCUT2D eigenvalue weighted by Gasteiger charge is 2.55. The molecule has 3 heteroatoms. The zero-order valence-corrected chi connectivity index (χ0v) is 7.85. The molecule has 2 fully saturated rings. The van der Waals surface area contributed by atoms with Crippen LogP contribution in [0.3, 0.4) is 0 Å². The number of likely N-dealkylation sites (tertiary alicyclic amines) is 1. The highest BCUT2D eigenvalue weighted by atomic mass is 35.5. The molecule has 0 spiro atoms. The number of fused-ring (bicyclic) bond motifs is 1. The van der Waals surface area contributed by atoms with Crippen LogP contribution in [0.2, 0.25) is 0 Å². The molecule has 1 aliphatic heterocycles. The lowest BCUT2D eigenvalue weighted by molar-refractivity contribution is 0.0554. The van der Waals surface area contributed by atoms with Crippen LogP contribution in [0.15, 0.2) is 11.6 Å². The van der Waals surface area contributed by atoms with E-state index in [1.54, 1.807) is 0 Å². The van der Waals surface area contributed by atoms with E-state index in [0.29, 0.717) is 11.0 Å². The van der Waals surface area contributed by atoms with Crippen LogP contribution < -0.4 is 0 Å². The van der Waals surface area contributed by atoms with Crippen molar-refractivity contribution in [2.45, 2.75) is 18.4 Å². The molecule has 2 nitrogen and oxygen atoms in total. The molecule has 1 heterocycles. The summed E-state index contributed by atoms with van der Waals surface area (Å²) in [5.74, 6) is 0.567. The number of nitrogens with zero attached hydrogens (tertiary/aromatic N) is 1. The van der Waals surface area contributed by atoms with Crippen molar-refractivity contribution in [3.05, 3.63) is 11.6 Å². The van der Waals surface area contributed by atoms with Crippen LogP contribution >= 0.6 is 11.6 Å². The Morgan fingerprint density at radius 1 is 1.75 bits per heavy atom. The van der Waals surface area contributed by atoms with Gasteiger partial charge in [0, 0.05) is 18.1 Å². The smallest absolute Gasteiger partial charge is 0.0807 e. The molecule has 0 radical (unpaired) electrons. The topological polar surface area (TPSA) is 23.5 Å². The van der Waals surface area contributed by atoms with Gasteiger partial charge in [0.05, 0.1) is 5.60 Å². The molecule has 2 rings (SSSR count). The van der Waals surface area contributed by atoms with E-state index in [1.165, 1.54) is 0 Å². The van der Waals surface area contributed by atoms with Crippen LogP contribution in [0.25, 0.3) is 0 Å². The Balaban J connectivity index is 1.89. The van der Waals surface area contributed by atoms with Gasteiger partial charge in [0.25, 0.3) is 0 Å². The van der Waals surface area contributed by atoms with E-state index < -0.39 is 0 Å². The zero-order chi connectivity index (χ0) is 8.77. The van der Waals surface area contributed by atoms with E-state index in [0.717, 1.165) is 32.5 Å². The van der Waals surface area contributed by atoms with E-state index in [-0.39, 0.29) is 5.60 Å². The third-order valence-electron chi connectivity index (χ3n) is 2.89. The predicted octanol–water partition coefficient (Wildman–Crippen LogP) is 1.20. The van der Waals surface area contributed by atoms with Crippen LogP contribution in [0.5, 0.6) is 0 Å². The minimum absolute atomic E-state index is 0.370. The molecule has 2 aliphatic rings. The maximum Gasteiger partial charge on any atom is 0.0807 e. The molecule has 2 atom stereocenters. The Morgan fingerprint density at radius 2 is 2.50 bits per heavy atom. The molecule has 0 aromatic heterocycles. The Labute approximate surface area is 77.8 Å². The number of hydrogen-bond donors (Lipinski definition) is 1. The first-order chi connectivity index (χ1) is 5.60. The molecule has 1 saturated carbocycles. The summed E-state index contributed by atoms with van der Waals surface area (Å²) < 4.78 is 0. The number of rotatable bonds is 2. The fourth-order valence-corrected chi connectivity index (χ4v) is 2.28. The number of β-amino-alcohol motifs (C(OH)–C–C–N with tert-alkyl or cyclic N) is 1. The second-order valence-electron chi connectivity index (χ2n) is 4.02. The van der Waals surface area contributed by atoms with Crippen LogP contribution in [0, 0.1) is 5.92 Å². The average Bonchev–Trinajstić information content (AvgIpc) is 2.57. The van der Waals surface area contributed by atoms with Gasteiger partial charge in [-0.05, 0) is 25.3 Å². The van der Waals surface area contributed by atoms with E-state index >= 15 is 0 Å². The van der Waals surface area contributed by atoms with Gasteiger partial charge in [0.15, 0.2) is 0 Å². The SMILES string of the molecule is C=C(Cl)CN1CC[C@@H]2C[C@]2(O)C1. The van der Waals surface area contributed by atoms with Crippen LogP contribution in [-0.4, -0.2) is 35.2 Å². The van der Waals surface area contributed by atoms with Crippen molar-refractivity contribution in [3.8, 4) is 0 Å². The summed E-state index contributed by atoms with van der Waals surface area (Å²) in [6.45, 7) is 6.21. The summed E-state index contributed by atoms with van der Waals surface area (Å²) in [5, 5.41) is 10.5. The summed E-state index contributed by atoms with van der Waals surface area (Å²) in [6.07, 6.45) is 2.10. The van der Waals surface area contributed by atoms with Crippen molar-refractivity contribution in [2.75, 3.05) is 19.6 Å². The highest BCUT2D eigenvalue weighted by molar-refractivity contribution is 6.29. The van der Waals surface area contributed by atoms with Gasteiger partial charge in [0.2, 0.25) is 0 Å². The van der Waals surface area contributed by atoms with Crippen molar-refractivity contribution in [3.63, 3.8) is 0 Å². The largest absolute Gasteiger partial charge is 0.388 e. The van der Waals surface area contributed by atoms with Crippen LogP contribution in [-0.2, 0) is 0 Å². The summed E-state index contributed by atoms with van der Waals surface area (Å²) in [6, 6.07) is 0. The summed E-state index contributed by atoms with van der Waals surface area (Å²) in [4.78, 5) is 2.18. The quantitative estimate of drug-likeness (QED) is 0.702. The minimum atomic E-state index is -0.370. The normalized spacial score (nSPS) is 40.7. The van der Waals surface area contributed by atoms with Gasteiger partial charge in [-0.2, -0.15) is 0 Å². The molecule has 0 amide bonds. The summed E-state index contributed by atoms with van der Waals surface area (Å²) >= 11 is 5.70. The lowest BCUT2D eigenvalue weighted by atomic mass is 10.1. The van der Waals surface area contributed by atoms with Gasteiger partial charge in [-0.15, -0.1) is 0 Å². The van der Waals surface area contributed by atoms with Crippen molar-refractivity contribution in [1.82, 2.24) is 4.90 Å². The molecular weight excluding hydrogens is 174 g/mol. The first-order valence-corrected chi connectivity index (χ1v) is 4.76. The molecule has 1 aliphatic carbocycles. The number of aliphatic hydroxyl groups is 1. The van der Waals surface area contributed by atoms with Gasteiger partial charge in [0.1, 0.15) is 0 Å². The zero-order valence-electron chi connectivity index (χ0n) is 7.09. The lowest BCUT2D eigenvalue weighted by Crippen LogP contribution is -2.40. The van der Waals surface area contributed by atoms with Crippen LogP contribution in [0.1, 0.15) is 12.8 Å². The van der Waals surface area contributed by atoms with Gasteiger partial charge in [-0.1, -0.05) is 18.2 Å². The van der Waals surface area contributed by atoms with E-state index in [2.05, 4.69) is 11.5 Å². The molecule has 1 saturated heterocycles. The lowest BCUT2D eigenvalue weighted by Gasteiger charge is -2.29. The molecule has 0 bridgehead atoms. The third kappa shape index (κ3) is 1.51. The fraction of sp³-hybridized carbons (Fsp3) is 0.778. The predicted molar refractivity (Wildman–Crippen MR) is 49.1 cm³/mol. The van der Waals surface area contributed by atoms with Gasteiger partial charge < -0.3 is 5.11 Å². The summed E-state index contributed by atoms with van der Waals surface area (Å²) in [5.41, 5.74) is -0.370. The Hall–Kier alpha value is -0.0500. The second-order valence-corrected chi connectivity index (χ2v) is 4.56. The molecular formula is C9H14ClNO. The fourth-order valence-electron chi connectivity index (χ4n) is 2.11. The third-order valence-corrected chi connectivity index (χ3v) is 3.01. The van der Waals surface area contributed by atoms with Crippen LogP contribution in [0.4, 0.5) is 0 Å². The van der Waals surface area contributed by atoms with Crippen molar-refractivity contribution < 1.29 is 5.11 Å². The highest BCUT2D eigenvalue weighted by Crippen LogP contribution is 2.49. The Kier molecular flexibility index (Phi) is 1.94. The monoisotopic (exact) mass is 187 g/mol.